The summed E-state index contributed by atoms with van der Waals surface area (Å²) in [7, 11) is 0. The predicted octanol–water partition coefficient (Wildman–Crippen LogP) is 4.15. The van der Waals surface area contributed by atoms with Crippen molar-refractivity contribution in [2.45, 2.75) is 18.9 Å². The summed E-state index contributed by atoms with van der Waals surface area (Å²) < 4.78 is 5.86. The van der Waals surface area contributed by atoms with Gasteiger partial charge in [0.2, 0.25) is 5.91 Å². The minimum Gasteiger partial charge on any atom is -0.457 e. The summed E-state index contributed by atoms with van der Waals surface area (Å²) in [6.45, 7) is 5.73. The Hall–Kier alpha value is -3.12. The first-order valence-corrected chi connectivity index (χ1v) is 10.4. The van der Waals surface area contributed by atoms with E-state index in [1.165, 1.54) is 6.08 Å². The molecule has 4 rings (SSSR count). The molecule has 156 valence electrons. The van der Waals surface area contributed by atoms with Gasteiger partial charge in [0.15, 0.2) is 0 Å². The molecular formula is C23H25ClN4O2. The second-order valence-electron chi connectivity index (χ2n) is 7.47. The van der Waals surface area contributed by atoms with Crippen molar-refractivity contribution in [3.05, 3.63) is 78.2 Å². The van der Waals surface area contributed by atoms with Gasteiger partial charge in [-0.15, -0.1) is 0 Å². The molecule has 0 aliphatic carbocycles. The predicted molar refractivity (Wildman–Crippen MR) is 119 cm³/mol. The summed E-state index contributed by atoms with van der Waals surface area (Å²) in [4.78, 5) is 18.1. The number of ether oxygens (including phenoxy) is 1. The molecule has 2 N–H and O–H groups in total. The highest BCUT2D eigenvalue weighted by molar-refractivity contribution is 6.30. The van der Waals surface area contributed by atoms with E-state index in [0.717, 1.165) is 36.6 Å². The Morgan fingerprint density at radius 2 is 1.80 bits per heavy atom. The highest BCUT2D eigenvalue weighted by Crippen LogP contribution is 2.29. The Bertz CT molecular complexity index is 943. The Morgan fingerprint density at radius 1 is 1.13 bits per heavy atom. The fourth-order valence-electron chi connectivity index (χ4n) is 3.86. The maximum Gasteiger partial charge on any atom is 0.246 e. The summed E-state index contributed by atoms with van der Waals surface area (Å²) >= 11 is 5.91. The lowest BCUT2D eigenvalue weighted by Gasteiger charge is -2.37. The fraction of sp³-hybridized carbons (Fsp3) is 0.261. The smallest absolute Gasteiger partial charge is 0.246 e. The van der Waals surface area contributed by atoms with Crippen LogP contribution in [0.5, 0.6) is 11.5 Å². The molecule has 1 atom stereocenters. The number of amides is 1. The summed E-state index contributed by atoms with van der Waals surface area (Å²) in [5, 5.41) is 0.675. The minimum atomic E-state index is -0.0102. The molecule has 1 amide bonds. The largest absolute Gasteiger partial charge is 0.457 e. The number of benzene rings is 2. The number of nitrogens with two attached hydrogens (primary N) is 1. The zero-order chi connectivity index (χ0) is 21.1. The minimum absolute atomic E-state index is 0.0102. The molecule has 0 saturated carbocycles. The van der Waals surface area contributed by atoms with E-state index in [2.05, 4.69) is 16.4 Å². The molecule has 1 fully saturated rings. The van der Waals surface area contributed by atoms with Gasteiger partial charge >= 0.3 is 0 Å². The number of anilines is 1. The number of carbonyl (C=O) groups excluding carboxylic acids is 1. The summed E-state index contributed by atoms with van der Waals surface area (Å²) in [6.07, 6.45) is 5.37. The van der Waals surface area contributed by atoms with Crippen molar-refractivity contribution >= 4 is 23.2 Å². The maximum absolute atomic E-state index is 12.0. The van der Waals surface area contributed by atoms with Gasteiger partial charge in [-0.25, -0.2) is 0 Å². The highest BCUT2D eigenvalue weighted by Gasteiger charge is 2.30. The van der Waals surface area contributed by atoms with Crippen molar-refractivity contribution in [2.24, 2.45) is 5.73 Å². The van der Waals surface area contributed by atoms with Gasteiger partial charge in [-0.05, 0) is 67.4 Å². The van der Waals surface area contributed by atoms with Gasteiger partial charge in [0, 0.05) is 36.0 Å². The van der Waals surface area contributed by atoms with Gasteiger partial charge in [0.25, 0.3) is 0 Å². The van der Waals surface area contributed by atoms with Gasteiger partial charge < -0.3 is 25.2 Å². The van der Waals surface area contributed by atoms with Crippen molar-refractivity contribution < 1.29 is 9.53 Å². The first-order valence-electron chi connectivity index (χ1n) is 9.99. The van der Waals surface area contributed by atoms with Crippen LogP contribution in [-0.2, 0) is 4.79 Å². The fourth-order valence-corrected chi connectivity index (χ4v) is 3.99. The van der Waals surface area contributed by atoms with E-state index in [9.17, 15) is 4.79 Å². The van der Waals surface area contributed by atoms with Gasteiger partial charge in [-0.2, -0.15) is 0 Å². The van der Waals surface area contributed by atoms with Gasteiger partial charge in [0.1, 0.15) is 17.3 Å². The number of piperidine rings is 1. The van der Waals surface area contributed by atoms with Crippen molar-refractivity contribution in [2.75, 3.05) is 24.7 Å². The normalized spacial score (nSPS) is 18.9. The molecule has 2 aromatic rings. The van der Waals surface area contributed by atoms with Crippen molar-refractivity contribution in [1.82, 2.24) is 9.80 Å². The van der Waals surface area contributed by atoms with Crippen LogP contribution in [-0.4, -0.2) is 41.5 Å². The number of nitrogens with zero attached hydrogens (tertiary/aromatic N) is 3. The Labute approximate surface area is 181 Å². The quantitative estimate of drug-likeness (QED) is 0.730. The van der Waals surface area contributed by atoms with Crippen LogP contribution in [0.3, 0.4) is 0 Å². The number of hydrogen-bond acceptors (Lipinski definition) is 5. The van der Waals surface area contributed by atoms with E-state index in [0.29, 0.717) is 24.1 Å². The first kappa shape index (κ1) is 20.2. The monoisotopic (exact) mass is 424 g/mol. The zero-order valence-electron chi connectivity index (χ0n) is 16.7. The van der Waals surface area contributed by atoms with Crippen LogP contribution in [0.25, 0.3) is 0 Å². The van der Waals surface area contributed by atoms with Gasteiger partial charge in [0.05, 0.1) is 6.67 Å². The third-order valence-electron chi connectivity index (χ3n) is 5.46. The van der Waals surface area contributed by atoms with Crippen LogP contribution < -0.4 is 15.4 Å². The van der Waals surface area contributed by atoms with Crippen LogP contribution >= 0.6 is 11.6 Å². The third-order valence-corrected chi connectivity index (χ3v) is 5.72. The van der Waals surface area contributed by atoms with E-state index >= 15 is 0 Å². The van der Waals surface area contributed by atoms with Crippen LogP contribution in [0.15, 0.2) is 73.2 Å². The molecule has 2 aromatic carbocycles. The Balaban J connectivity index is 1.40. The van der Waals surface area contributed by atoms with Crippen LogP contribution in [0.4, 0.5) is 5.69 Å². The lowest BCUT2D eigenvalue weighted by atomic mass is 10.0. The Kier molecular flexibility index (Phi) is 5.86. The molecule has 2 aliphatic heterocycles. The van der Waals surface area contributed by atoms with Gasteiger partial charge in [-0.3, -0.25) is 4.79 Å². The zero-order valence-corrected chi connectivity index (χ0v) is 17.5. The highest BCUT2D eigenvalue weighted by atomic mass is 35.5. The van der Waals surface area contributed by atoms with Crippen molar-refractivity contribution in [1.29, 1.82) is 0 Å². The lowest BCUT2D eigenvalue weighted by molar-refractivity contribution is -0.127. The number of likely N-dealkylation sites (tertiary alicyclic amines) is 1. The lowest BCUT2D eigenvalue weighted by Crippen LogP contribution is -2.48. The average Bonchev–Trinajstić information content (AvgIpc) is 3.17. The van der Waals surface area contributed by atoms with Crippen LogP contribution in [0, 0.1) is 0 Å². The summed E-state index contributed by atoms with van der Waals surface area (Å²) in [5.74, 6) is 2.15. The van der Waals surface area contributed by atoms with Gasteiger partial charge in [-0.1, -0.05) is 18.2 Å². The number of carbonyl (C=O) groups is 1. The molecule has 1 saturated heterocycles. The maximum atomic E-state index is 12.0. The molecule has 6 nitrogen and oxygen atoms in total. The SMILES string of the molecule is C=CC(=O)N1CCC[C@@H](N2C=C(N)N(c3ccc(Oc4ccc(Cl)cc4)cc3)C2)C1. The van der Waals surface area contributed by atoms with E-state index in [1.54, 1.807) is 12.1 Å². The molecule has 0 bridgehead atoms. The topological polar surface area (TPSA) is 62.0 Å². The molecule has 2 heterocycles. The Morgan fingerprint density at radius 3 is 2.47 bits per heavy atom. The number of rotatable bonds is 5. The van der Waals surface area contributed by atoms with Crippen LogP contribution in [0.1, 0.15) is 12.8 Å². The molecule has 0 unspecified atom stereocenters. The standard InChI is InChI=1S/C23H25ClN4O2/c1-2-23(29)26-13-3-4-19(14-26)27-15-22(25)28(16-27)18-7-11-21(12-8-18)30-20-9-5-17(24)6-10-20/h2,5-12,15,19H,1,3-4,13-14,16,25H2/t19-/m1/s1. The third kappa shape index (κ3) is 4.39. The van der Waals surface area contributed by atoms with E-state index in [4.69, 9.17) is 22.1 Å². The molecule has 0 radical (unpaired) electrons. The van der Waals surface area contributed by atoms with E-state index in [-0.39, 0.29) is 11.9 Å². The molecule has 0 spiro atoms. The summed E-state index contributed by atoms with van der Waals surface area (Å²) in [6, 6.07) is 15.3. The van der Waals surface area contributed by atoms with E-state index in [1.807, 2.05) is 47.5 Å². The van der Waals surface area contributed by atoms with E-state index < -0.39 is 0 Å². The second-order valence-corrected chi connectivity index (χ2v) is 7.91. The summed E-state index contributed by atoms with van der Waals surface area (Å²) in [5.41, 5.74) is 7.30. The second kappa shape index (κ2) is 8.71. The van der Waals surface area contributed by atoms with Crippen molar-refractivity contribution in [3.63, 3.8) is 0 Å². The molecule has 2 aliphatic rings. The molecule has 7 heteroatoms. The van der Waals surface area contributed by atoms with Crippen LogP contribution in [0.2, 0.25) is 5.02 Å². The number of hydrogen-bond donors (Lipinski definition) is 1. The molecule has 30 heavy (non-hydrogen) atoms. The average molecular weight is 425 g/mol. The first-order chi connectivity index (χ1) is 14.5. The molecular weight excluding hydrogens is 400 g/mol. The number of halogens is 1. The van der Waals surface area contributed by atoms with Crippen molar-refractivity contribution in [3.8, 4) is 11.5 Å². The molecule has 0 aromatic heterocycles.